The summed E-state index contributed by atoms with van der Waals surface area (Å²) in [5.74, 6) is 1.03. The molecule has 2 rings (SSSR count). The number of nitrogens with two attached hydrogens (primary N) is 1. The first-order chi connectivity index (χ1) is 8.48. The number of para-hydroxylation sites is 1. The number of ether oxygens (including phenoxy) is 1. The molecule has 1 aromatic carbocycles. The van der Waals surface area contributed by atoms with E-state index in [2.05, 4.69) is 11.4 Å². The molecule has 18 heavy (non-hydrogen) atoms. The van der Waals surface area contributed by atoms with Crippen molar-refractivity contribution in [1.82, 2.24) is 5.32 Å². The maximum Gasteiger partial charge on any atom is 0.219 e. The highest BCUT2D eigenvalue weighted by molar-refractivity contribution is 5.75. The molecule has 4 nitrogen and oxygen atoms in total. The summed E-state index contributed by atoms with van der Waals surface area (Å²) in [7, 11) is 0. The fourth-order valence-corrected chi connectivity index (χ4v) is 2.30. The van der Waals surface area contributed by atoms with Gasteiger partial charge in [0.05, 0.1) is 6.61 Å². The molecule has 3 N–H and O–H groups in total. The van der Waals surface area contributed by atoms with Crippen molar-refractivity contribution >= 4 is 5.91 Å². The first-order valence-electron chi connectivity index (χ1n) is 6.23. The highest BCUT2D eigenvalue weighted by Gasteiger charge is 2.27. The van der Waals surface area contributed by atoms with E-state index >= 15 is 0 Å². The number of rotatable bonds is 5. The van der Waals surface area contributed by atoms with Gasteiger partial charge in [0.15, 0.2) is 0 Å². The Labute approximate surface area is 108 Å². The monoisotopic (exact) mass is 248 g/mol. The molecule has 0 radical (unpaired) electrons. The lowest BCUT2D eigenvalue weighted by molar-refractivity contribution is -0.119. The number of hydrogen-bond acceptors (Lipinski definition) is 3. The quantitative estimate of drug-likeness (QED) is 0.828. The Balaban J connectivity index is 1.94. The van der Waals surface area contributed by atoms with E-state index in [1.54, 1.807) is 0 Å². The van der Waals surface area contributed by atoms with Crippen LogP contribution in [0.5, 0.6) is 5.75 Å². The fraction of sp³-hybridized carbons (Fsp3) is 0.500. The molecule has 1 aliphatic rings. The molecular formula is C14H20N2O2. The number of benzene rings is 1. The van der Waals surface area contributed by atoms with E-state index in [1.165, 1.54) is 5.56 Å². The van der Waals surface area contributed by atoms with Crippen molar-refractivity contribution in [2.75, 3.05) is 13.2 Å². The number of primary amides is 1. The standard InChI is InChI=1S/C14H20N2O2/c1-14(2,7-13(15)17)16-8-10-9-18-12-6-4-3-5-11(10)12/h3-6,10,16H,7-9H2,1-2H3,(H2,15,17). The van der Waals surface area contributed by atoms with Crippen molar-refractivity contribution in [2.24, 2.45) is 5.73 Å². The lowest BCUT2D eigenvalue weighted by Crippen LogP contribution is -2.44. The van der Waals surface area contributed by atoms with Crippen LogP contribution < -0.4 is 15.8 Å². The van der Waals surface area contributed by atoms with Crippen molar-refractivity contribution in [1.29, 1.82) is 0 Å². The molecule has 0 saturated heterocycles. The molecule has 1 heterocycles. The molecule has 1 atom stereocenters. The van der Waals surface area contributed by atoms with Crippen molar-refractivity contribution in [3.8, 4) is 5.75 Å². The zero-order valence-electron chi connectivity index (χ0n) is 10.9. The second kappa shape index (κ2) is 4.98. The Morgan fingerprint density at radius 2 is 2.22 bits per heavy atom. The molecule has 0 bridgehead atoms. The predicted octanol–water partition coefficient (Wildman–Crippen LogP) is 1.41. The molecule has 0 saturated carbocycles. The van der Waals surface area contributed by atoms with Crippen LogP contribution in [-0.2, 0) is 4.79 Å². The van der Waals surface area contributed by atoms with Crippen LogP contribution in [0.2, 0.25) is 0 Å². The van der Waals surface area contributed by atoms with E-state index in [1.807, 2.05) is 32.0 Å². The van der Waals surface area contributed by atoms with E-state index in [0.717, 1.165) is 12.3 Å². The zero-order chi connectivity index (χ0) is 13.2. The van der Waals surface area contributed by atoms with E-state index < -0.39 is 0 Å². The SMILES string of the molecule is CC(C)(CC(N)=O)NCC1COc2ccccc21. The minimum Gasteiger partial charge on any atom is -0.493 e. The number of carbonyl (C=O) groups is 1. The van der Waals surface area contributed by atoms with Crippen molar-refractivity contribution in [3.05, 3.63) is 29.8 Å². The second-order valence-corrected chi connectivity index (χ2v) is 5.45. The maximum atomic E-state index is 11.0. The second-order valence-electron chi connectivity index (χ2n) is 5.45. The van der Waals surface area contributed by atoms with Crippen molar-refractivity contribution < 1.29 is 9.53 Å². The molecule has 1 aromatic rings. The third-order valence-corrected chi connectivity index (χ3v) is 3.24. The summed E-state index contributed by atoms with van der Waals surface area (Å²) in [6.07, 6.45) is 0.336. The molecule has 0 fully saturated rings. The Kier molecular flexibility index (Phi) is 3.57. The molecular weight excluding hydrogens is 228 g/mol. The van der Waals surface area contributed by atoms with Gasteiger partial charge in [-0.2, -0.15) is 0 Å². The Morgan fingerprint density at radius 3 is 2.94 bits per heavy atom. The van der Waals surface area contributed by atoms with Crippen LogP contribution in [-0.4, -0.2) is 24.6 Å². The summed E-state index contributed by atoms with van der Waals surface area (Å²) in [4.78, 5) is 11.0. The van der Waals surface area contributed by atoms with Crippen molar-refractivity contribution in [3.63, 3.8) is 0 Å². The van der Waals surface area contributed by atoms with Gasteiger partial charge >= 0.3 is 0 Å². The van der Waals surface area contributed by atoms with Crippen LogP contribution in [0.4, 0.5) is 0 Å². The normalized spacial score (nSPS) is 18.2. The zero-order valence-corrected chi connectivity index (χ0v) is 10.9. The minimum absolute atomic E-state index is 0.274. The van der Waals surface area contributed by atoms with Gasteiger partial charge in [0, 0.05) is 30.0 Å². The van der Waals surface area contributed by atoms with E-state index in [-0.39, 0.29) is 11.4 Å². The number of nitrogens with one attached hydrogen (secondary N) is 1. The van der Waals surface area contributed by atoms with Crippen molar-refractivity contribution in [2.45, 2.75) is 31.7 Å². The highest BCUT2D eigenvalue weighted by Crippen LogP contribution is 2.33. The van der Waals surface area contributed by atoms with Crippen LogP contribution in [0.15, 0.2) is 24.3 Å². The van der Waals surface area contributed by atoms with E-state index in [9.17, 15) is 4.79 Å². The highest BCUT2D eigenvalue weighted by atomic mass is 16.5. The third kappa shape index (κ3) is 3.01. The van der Waals surface area contributed by atoms with Crippen LogP contribution in [0, 0.1) is 0 Å². The largest absolute Gasteiger partial charge is 0.493 e. The number of carbonyl (C=O) groups excluding carboxylic acids is 1. The Morgan fingerprint density at radius 1 is 1.50 bits per heavy atom. The molecule has 0 aliphatic carbocycles. The summed E-state index contributed by atoms with van der Waals surface area (Å²) in [5.41, 5.74) is 6.20. The van der Waals surface area contributed by atoms with Crippen LogP contribution >= 0.6 is 0 Å². The van der Waals surface area contributed by atoms with Crippen LogP contribution in [0.25, 0.3) is 0 Å². The molecule has 1 aliphatic heterocycles. The van der Waals surface area contributed by atoms with Gasteiger partial charge in [-0.25, -0.2) is 0 Å². The topological polar surface area (TPSA) is 64.4 Å². The summed E-state index contributed by atoms with van der Waals surface area (Å²) < 4.78 is 5.63. The maximum absolute atomic E-state index is 11.0. The van der Waals surface area contributed by atoms with Gasteiger partial charge in [0.1, 0.15) is 5.75 Å². The van der Waals surface area contributed by atoms with Gasteiger partial charge in [-0.05, 0) is 19.9 Å². The number of fused-ring (bicyclic) bond motifs is 1. The lowest BCUT2D eigenvalue weighted by Gasteiger charge is -2.26. The first-order valence-corrected chi connectivity index (χ1v) is 6.23. The number of amides is 1. The first kappa shape index (κ1) is 12.9. The van der Waals surface area contributed by atoms with Gasteiger partial charge in [-0.15, -0.1) is 0 Å². The van der Waals surface area contributed by atoms with Crippen LogP contribution in [0.3, 0.4) is 0 Å². The molecule has 4 heteroatoms. The molecule has 0 spiro atoms. The van der Waals surface area contributed by atoms with Gasteiger partial charge in [-0.3, -0.25) is 4.79 Å². The summed E-state index contributed by atoms with van der Waals surface area (Å²) in [5, 5.41) is 3.39. The molecule has 0 aromatic heterocycles. The average molecular weight is 248 g/mol. The van der Waals surface area contributed by atoms with Crippen LogP contribution in [0.1, 0.15) is 31.7 Å². The summed E-state index contributed by atoms with van der Waals surface area (Å²) in [6.45, 7) is 5.45. The average Bonchev–Trinajstić information content (AvgIpc) is 2.68. The van der Waals surface area contributed by atoms with E-state index in [0.29, 0.717) is 18.9 Å². The Bertz CT molecular complexity index is 443. The predicted molar refractivity (Wildman–Crippen MR) is 70.6 cm³/mol. The van der Waals surface area contributed by atoms with Gasteiger partial charge in [-0.1, -0.05) is 18.2 Å². The molecule has 1 amide bonds. The third-order valence-electron chi connectivity index (χ3n) is 3.24. The molecule has 1 unspecified atom stereocenters. The fourth-order valence-electron chi connectivity index (χ4n) is 2.30. The minimum atomic E-state index is -0.282. The summed E-state index contributed by atoms with van der Waals surface area (Å²) >= 11 is 0. The van der Waals surface area contributed by atoms with Gasteiger partial charge in [0.25, 0.3) is 0 Å². The van der Waals surface area contributed by atoms with Gasteiger partial charge in [0.2, 0.25) is 5.91 Å². The lowest BCUT2D eigenvalue weighted by atomic mass is 9.96. The smallest absolute Gasteiger partial charge is 0.219 e. The van der Waals surface area contributed by atoms with E-state index in [4.69, 9.17) is 10.5 Å². The number of hydrogen-bond donors (Lipinski definition) is 2. The van der Waals surface area contributed by atoms with Gasteiger partial charge < -0.3 is 15.8 Å². The Hall–Kier alpha value is -1.55. The summed E-state index contributed by atoms with van der Waals surface area (Å²) in [6, 6.07) is 8.08. The molecule has 98 valence electrons.